The van der Waals surface area contributed by atoms with E-state index in [1.165, 1.54) is 12.4 Å². The van der Waals surface area contributed by atoms with Gasteiger partial charge in [-0.2, -0.15) is 13.2 Å². The molecule has 3 rings (SSSR count). The van der Waals surface area contributed by atoms with E-state index in [9.17, 15) is 18.0 Å². The minimum atomic E-state index is -4.50. The number of hydrogen-bond acceptors (Lipinski definition) is 4. The highest BCUT2D eigenvalue weighted by atomic mass is 79.9. The van der Waals surface area contributed by atoms with Gasteiger partial charge in [0, 0.05) is 49.2 Å². The topological polar surface area (TPSA) is 49.3 Å². The zero-order valence-corrected chi connectivity index (χ0v) is 16.2. The lowest BCUT2D eigenvalue weighted by Crippen LogP contribution is -2.36. The molecule has 5 nitrogen and oxygen atoms in total. The van der Waals surface area contributed by atoms with Crippen LogP contribution in [0.1, 0.15) is 27.9 Å². The third kappa shape index (κ3) is 4.58. The third-order valence-electron chi connectivity index (χ3n) is 4.34. The lowest BCUT2D eigenvalue weighted by molar-refractivity contribution is -0.137. The van der Waals surface area contributed by atoms with Crippen molar-refractivity contribution in [3.63, 3.8) is 0 Å². The quantitative estimate of drug-likeness (QED) is 0.707. The molecule has 3 heterocycles. The molecule has 0 aliphatic carbocycles. The summed E-state index contributed by atoms with van der Waals surface area (Å²) in [6.07, 6.45) is 0.590. The summed E-state index contributed by atoms with van der Waals surface area (Å²) in [6.45, 7) is 3.32. The molecule has 1 aliphatic rings. The number of halogens is 4. The van der Waals surface area contributed by atoms with Crippen molar-refractivity contribution in [1.82, 2.24) is 14.9 Å². The molecule has 1 aliphatic heterocycles. The Hall–Kier alpha value is -2.16. The highest BCUT2D eigenvalue weighted by molar-refractivity contribution is 9.10. The van der Waals surface area contributed by atoms with E-state index in [0.717, 1.165) is 11.6 Å². The highest BCUT2D eigenvalue weighted by Crippen LogP contribution is 2.37. The molecule has 1 saturated heterocycles. The molecule has 0 saturated carbocycles. The second-order valence-corrected chi connectivity index (χ2v) is 7.32. The molecule has 0 spiro atoms. The number of nitrogens with zero attached hydrogens (tertiary/aromatic N) is 4. The Morgan fingerprint density at radius 2 is 1.89 bits per heavy atom. The molecule has 2 aromatic rings. The zero-order chi connectivity index (χ0) is 19.6. The Morgan fingerprint density at radius 3 is 2.59 bits per heavy atom. The number of alkyl halides is 3. The van der Waals surface area contributed by atoms with Gasteiger partial charge in [-0.3, -0.25) is 9.78 Å². The Balaban J connectivity index is 1.79. The number of hydrogen-bond donors (Lipinski definition) is 0. The fourth-order valence-corrected chi connectivity index (χ4v) is 3.41. The van der Waals surface area contributed by atoms with E-state index in [1.54, 1.807) is 22.1 Å². The molecule has 0 unspecified atom stereocenters. The molecule has 144 valence electrons. The largest absolute Gasteiger partial charge is 0.419 e. The summed E-state index contributed by atoms with van der Waals surface area (Å²) < 4.78 is 40.4. The predicted molar refractivity (Wildman–Crippen MR) is 98.6 cm³/mol. The summed E-state index contributed by atoms with van der Waals surface area (Å²) in [7, 11) is 0. The molecule has 0 N–H and O–H groups in total. The summed E-state index contributed by atoms with van der Waals surface area (Å²) in [6, 6.07) is 2.80. The van der Waals surface area contributed by atoms with Crippen molar-refractivity contribution >= 4 is 27.7 Å². The lowest BCUT2D eigenvalue weighted by atomic mass is 10.2. The van der Waals surface area contributed by atoms with Gasteiger partial charge in [0.15, 0.2) is 0 Å². The number of amides is 1. The number of pyridine rings is 2. The van der Waals surface area contributed by atoms with Crippen molar-refractivity contribution in [2.24, 2.45) is 0 Å². The van der Waals surface area contributed by atoms with E-state index in [-0.39, 0.29) is 22.7 Å². The zero-order valence-electron chi connectivity index (χ0n) is 14.6. The SMILES string of the molecule is Cc1cncc(C(=O)N2CCCN(c3ncc(Br)cc3C(F)(F)F)CC2)c1. The smallest absolute Gasteiger partial charge is 0.354 e. The van der Waals surface area contributed by atoms with Gasteiger partial charge in [0.2, 0.25) is 0 Å². The van der Waals surface area contributed by atoms with Crippen molar-refractivity contribution < 1.29 is 18.0 Å². The van der Waals surface area contributed by atoms with Crippen molar-refractivity contribution in [2.45, 2.75) is 19.5 Å². The van der Waals surface area contributed by atoms with Crippen LogP contribution < -0.4 is 4.90 Å². The monoisotopic (exact) mass is 442 g/mol. The molecule has 27 heavy (non-hydrogen) atoms. The highest BCUT2D eigenvalue weighted by Gasteiger charge is 2.36. The van der Waals surface area contributed by atoms with Gasteiger partial charge in [0.1, 0.15) is 5.82 Å². The summed E-state index contributed by atoms with van der Waals surface area (Å²) >= 11 is 3.05. The number of carbonyl (C=O) groups excluding carboxylic acids is 1. The first-order valence-electron chi connectivity index (χ1n) is 8.44. The Kier molecular flexibility index (Phi) is 5.69. The maximum Gasteiger partial charge on any atom is 0.419 e. The first-order chi connectivity index (χ1) is 12.8. The molecular weight excluding hydrogens is 425 g/mol. The Morgan fingerprint density at radius 1 is 1.11 bits per heavy atom. The van der Waals surface area contributed by atoms with E-state index in [0.29, 0.717) is 31.6 Å². The second-order valence-electron chi connectivity index (χ2n) is 6.41. The standard InChI is InChI=1S/C18H18BrF3N4O/c1-12-7-13(10-23-9-12)17(27)26-4-2-3-25(5-6-26)16-15(18(20,21)22)8-14(19)11-24-16/h7-11H,2-6H2,1H3. The van der Waals surface area contributed by atoms with Crippen LogP contribution in [0.3, 0.4) is 0 Å². The number of aromatic nitrogens is 2. The summed E-state index contributed by atoms with van der Waals surface area (Å²) in [4.78, 5) is 24.0. The summed E-state index contributed by atoms with van der Waals surface area (Å²) in [5.74, 6) is -0.259. The molecule has 1 fully saturated rings. The predicted octanol–water partition coefficient (Wildman–Crippen LogP) is 3.92. The van der Waals surface area contributed by atoms with E-state index in [2.05, 4.69) is 25.9 Å². The van der Waals surface area contributed by atoms with Gasteiger partial charge in [0.05, 0.1) is 11.1 Å². The van der Waals surface area contributed by atoms with Gasteiger partial charge in [-0.05, 0) is 47.0 Å². The van der Waals surface area contributed by atoms with Gasteiger partial charge in [-0.1, -0.05) is 0 Å². The van der Waals surface area contributed by atoms with Gasteiger partial charge in [-0.25, -0.2) is 4.98 Å². The van der Waals surface area contributed by atoms with Crippen LogP contribution in [0, 0.1) is 6.92 Å². The van der Waals surface area contributed by atoms with Crippen LogP contribution in [0.5, 0.6) is 0 Å². The molecule has 2 aromatic heterocycles. The van der Waals surface area contributed by atoms with Crippen LogP contribution in [0.4, 0.5) is 19.0 Å². The fraction of sp³-hybridized carbons (Fsp3) is 0.389. The van der Waals surface area contributed by atoms with Crippen LogP contribution in [-0.2, 0) is 6.18 Å². The van der Waals surface area contributed by atoms with Crippen LogP contribution in [-0.4, -0.2) is 47.0 Å². The number of rotatable bonds is 2. The molecule has 0 bridgehead atoms. The van der Waals surface area contributed by atoms with E-state index < -0.39 is 11.7 Å². The summed E-state index contributed by atoms with van der Waals surface area (Å²) in [5.41, 5.74) is 0.590. The van der Waals surface area contributed by atoms with Gasteiger partial charge >= 0.3 is 6.18 Å². The van der Waals surface area contributed by atoms with Crippen molar-refractivity contribution in [1.29, 1.82) is 0 Å². The van der Waals surface area contributed by atoms with Crippen molar-refractivity contribution in [3.05, 3.63) is 51.9 Å². The van der Waals surface area contributed by atoms with E-state index in [1.807, 2.05) is 6.92 Å². The average molecular weight is 443 g/mol. The fourth-order valence-electron chi connectivity index (χ4n) is 3.08. The van der Waals surface area contributed by atoms with Crippen molar-refractivity contribution in [2.75, 3.05) is 31.1 Å². The summed E-state index contributed by atoms with van der Waals surface area (Å²) in [5, 5.41) is 0. The molecule has 0 radical (unpaired) electrons. The first kappa shape index (κ1) is 19.6. The van der Waals surface area contributed by atoms with Gasteiger partial charge < -0.3 is 9.80 Å². The van der Waals surface area contributed by atoms with E-state index in [4.69, 9.17) is 0 Å². The normalized spacial score (nSPS) is 15.6. The lowest BCUT2D eigenvalue weighted by Gasteiger charge is -2.25. The number of anilines is 1. The van der Waals surface area contributed by atoms with Crippen LogP contribution in [0.2, 0.25) is 0 Å². The molecule has 9 heteroatoms. The first-order valence-corrected chi connectivity index (χ1v) is 9.23. The maximum atomic E-state index is 13.4. The molecular formula is C18H18BrF3N4O. The minimum absolute atomic E-state index is 0.0998. The average Bonchev–Trinajstić information content (AvgIpc) is 2.86. The minimum Gasteiger partial charge on any atom is -0.354 e. The molecule has 1 amide bonds. The third-order valence-corrected chi connectivity index (χ3v) is 4.78. The van der Waals surface area contributed by atoms with Crippen LogP contribution >= 0.6 is 15.9 Å². The van der Waals surface area contributed by atoms with E-state index >= 15 is 0 Å². The Labute approximate surface area is 163 Å². The number of carbonyl (C=O) groups is 1. The second kappa shape index (κ2) is 7.84. The number of aryl methyl sites for hydroxylation is 1. The van der Waals surface area contributed by atoms with Gasteiger partial charge in [-0.15, -0.1) is 0 Å². The van der Waals surface area contributed by atoms with Gasteiger partial charge in [0.25, 0.3) is 5.91 Å². The molecule has 0 aromatic carbocycles. The van der Waals surface area contributed by atoms with Crippen molar-refractivity contribution in [3.8, 4) is 0 Å². The van der Waals surface area contributed by atoms with Crippen LogP contribution in [0.25, 0.3) is 0 Å². The Bertz CT molecular complexity index is 844. The molecule has 0 atom stereocenters. The van der Waals surface area contributed by atoms with Crippen LogP contribution in [0.15, 0.2) is 35.2 Å². The maximum absolute atomic E-state index is 13.4.